The fraction of sp³-hybridized carbons (Fsp3) is 0.636. The van der Waals surface area contributed by atoms with Crippen molar-refractivity contribution in [3.05, 3.63) is 47.1 Å². The third-order valence-electron chi connectivity index (χ3n) is 11.0. The molecule has 6 rings (SSSR count). The van der Waals surface area contributed by atoms with Crippen LogP contribution in [0.4, 0.5) is 0 Å². The lowest BCUT2D eigenvalue weighted by molar-refractivity contribution is -0.134. The maximum absolute atomic E-state index is 13.8. The van der Waals surface area contributed by atoms with Gasteiger partial charge in [0.1, 0.15) is 5.75 Å². The van der Waals surface area contributed by atoms with Gasteiger partial charge < -0.3 is 14.7 Å². The van der Waals surface area contributed by atoms with Gasteiger partial charge in [0.05, 0.1) is 6.10 Å². The molecule has 3 saturated carbocycles. The molecule has 1 aromatic carbocycles. The molecule has 5 nitrogen and oxygen atoms in total. The highest BCUT2D eigenvalue weighted by Gasteiger charge is 2.59. The summed E-state index contributed by atoms with van der Waals surface area (Å²) in [7, 11) is 0. The number of hydrogen-bond acceptors (Lipinski definition) is 4. The van der Waals surface area contributed by atoms with Crippen LogP contribution < -0.4 is 4.74 Å². The van der Waals surface area contributed by atoms with Crippen molar-refractivity contribution in [2.24, 2.45) is 28.6 Å². The molecule has 4 fully saturated rings. The SMILES string of the molecule is C[C@]12CC[C@H](O)CC1=CC[C@@H]1[C@@H]2CC[C@]2(C)C(=O)/C(=C/c3ccc(OCC(=O)N4CCCCC4)cc3)C[C@@H]12. The largest absolute Gasteiger partial charge is 0.484 e. The van der Waals surface area contributed by atoms with Gasteiger partial charge in [0.2, 0.25) is 0 Å². The summed E-state index contributed by atoms with van der Waals surface area (Å²) in [6.45, 7) is 6.41. The molecular weight excluding hydrogens is 474 g/mol. The molecule has 0 aromatic heterocycles. The number of piperidine rings is 1. The minimum absolute atomic E-state index is 0.0598. The topological polar surface area (TPSA) is 66.8 Å². The number of carbonyl (C=O) groups is 2. The Kier molecular flexibility index (Phi) is 6.78. The maximum atomic E-state index is 13.8. The second-order valence-electron chi connectivity index (χ2n) is 13.1. The zero-order valence-electron chi connectivity index (χ0n) is 23.1. The molecule has 4 aliphatic carbocycles. The van der Waals surface area contributed by atoms with Crippen LogP contribution in [-0.2, 0) is 9.59 Å². The zero-order valence-corrected chi connectivity index (χ0v) is 23.1. The van der Waals surface area contributed by atoms with Gasteiger partial charge in [-0.2, -0.15) is 0 Å². The second kappa shape index (κ2) is 9.97. The molecule has 0 spiro atoms. The van der Waals surface area contributed by atoms with Crippen molar-refractivity contribution in [1.82, 2.24) is 4.90 Å². The number of rotatable bonds is 4. The number of fused-ring (bicyclic) bond motifs is 5. The number of ketones is 1. The van der Waals surface area contributed by atoms with Crippen LogP contribution in [0.25, 0.3) is 6.08 Å². The summed E-state index contributed by atoms with van der Waals surface area (Å²) in [5.74, 6) is 2.64. The fourth-order valence-corrected chi connectivity index (χ4v) is 8.68. The molecule has 0 unspecified atom stereocenters. The van der Waals surface area contributed by atoms with E-state index in [1.54, 1.807) is 0 Å². The van der Waals surface area contributed by atoms with Crippen molar-refractivity contribution >= 4 is 17.8 Å². The minimum atomic E-state index is -0.263. The van der Waals surface area contributed by atoms with Crippen LogP contribution in [0.2, 0.25) is 0 Å². The Morgan fingerprint density at radius 3 is 2.53 bits per heavy atom. The van der Waals surface area contributed by atoms with E-state index in [1.807, 2.05) is 29.2 Å². The fourth-order valence-electron chi connectivity index (χ4n) is 8.68. The van der Waals surface area contributed by atoms with E-state index in [-0.39, 0.29) is 29.4 Å². The molecule has 0 bridgehead atoms. The smallest absolute Gasteiger partial charge is 0.260 e. The van der Waals surface area contributed by atoms with Gasteiger partial charge in [0.25, 0.3) is 5.91 Å². The lowest BCUT2D eigenvalue weighted by Crippen LogP contribution is -2.50. The van der Waals surface area contributed by atoms with Gasteiger partial charge in [-0.25, -0.2) is 0 Å². The zero-order chi connectivity index (χ0) is 26.5. The van der Waals surface area contributed by atoms with E-state index in [0.717, 1.165) is 82.0 Å². The van der Waals surface area contributed by atoms with Gasteiger partial charge in [-0.1, -0.05) is 37.6 Å². The van der Waals surface area contributed by atoms with Crippen molar-refractivity contribution in [2.45, 2.75) is 84.2 Å². The van der Waals surface area contributed by atoms with E-state index in [0.29, 0.717) is 29.3 Å². The molecule has 6 atom stereocenters. The third-order valence-corrected chi connectivity index (χ3v) is 11.0. The Balaban J connectivity index is 1.14. The number of carbonyl (C=O) groups excluding carboxylic acids is 2. The summed E-state index contributed by atoms with van der Waals surface area (Å²) in [5.41, 5.74) is 3.37. The molecule has 1 amide bonds. The lowest BCUT2D eigenvalue weighted by atomic mass is 9.48. The Morgan fingerprint density at radius 2 is 1.76 bits per heavy atom. The number of aliphatic hydroxyl groups excluding tert-OH is 1. The summed E-state index contributed by atoms with van der Waals surface area (Å²) in [6.07, 6.45) is 14.5. The molecule has 1 N–H and O–H groups in total. The summed E-state index contributed by atoms with van der Waals surface area (Å²) in [5, 5.41) is 10.3. The predicted octanol–water partition coefficient (Wildman–Crippen LogP) is 5.96. The number of ether oxygens (including phenoxy) is 1. The Labute approximate surface area is 227 Å². The first-order chi connectivity index (χ1) is 18.3. The average molecular weight is 518 g/mol. The van der Waals surface area contributed by atoms with E-state index >= 15 is 0 Å². The van der Waals surface area contributed by atoms with E-state index in [9.17, 15) is 14.7 Å². The number of Topliss-reactive ketones (excluding diaryl/α,β-unsaturated/α-hetero) is 1. The van der Waals surface area contributed by atoms with Crippen molar-refractivity contribution in [2.75, 3.05) is 19.7 Å². The van der Waals surface area contributed by atoms with E-state index in [1.165, 1.54) is 12.0 Å². The van der Waals surface area contributed by atoms with Crippen molar-refractivity contribution in [3.8, 4) is 5.75 Å². The summed E-state index contributed by atoms with van der Waals surface area (Å²) >= 11 is 0. The van der Waals surface area contributed by atoms with E-state index in [4.69, 9.17) is 4.74 Å². The molecule has 5 heteroatoms. The monoisotopic (exact) mass is 517 g/mol. The van der Waals surface area contributed by atoms with E-state index in [2.05, 4.69) is 26.0 Å². The van der Waals surface area contributed by atoms with Gasteiger partial charge in [-0.05, 0) is 117 Å². The molecule has 0 radical (unpaired) electrons. The first-order valence-electron chi connectivity index (χ1n) is 14.9. The maximum Gasteiger partial charge on any atom is 0.260 e. The third kappa shape index (κ3) is 4.45. The van der Waals surface area contributed by atoms with Gasteiger partial charge in [-0.3, -0.25) is 9.59 Å². The molecule has 204 valence electrons. The highest BCUT2D eigenvalue weighted by atomic mass is 16.5. The first kappa shape index (κ1) is 25.9. The first-order valence-corrected chi connectivity index (χ1v) is 14.9. The van der Waals surface area contributed by atoms with Crippen LogP contribution >= 0.6 is 0 Å². The highest BCUT2D eigenvalue weighted by Crippen LogP contribution is 2.64. The van der Waals surface area contributed by atoms with Gasteiger partial charge in [-0.15, -0.1) is 0 Å². The number of hydrogen-bond donors (Lipinski definition) is 1. The minimum Gasteiger partial charge on any atom is -0.484 e. The van der Waals surface area contributed by atoms with Crippen LogP contribution in [0, 0.1) is 28.6 Å². The number of allylic oxidation sites excluding steroid dienone is 2. The number of nitrogens with zero attached hydrogens (tertiary/aromatic N) is 1. The molecule has 5 aliphatic rings. The van der Waals surface area contributed by atoms with Gasteiger partial charge in [0.15, 0.2) is 12.4 Å². The normalized spacial score (nSPS) is 37.8. The van der Waals surface area contributed by atoms with Gasteiger partial charge >= 0.3 is 0 Å². The van der Waals surface area contributed by atoms with Crippen LogP contribution in [0.15, 0.2) is 41.5 Å². The lowest BCUT2D eigenvalue weighted by Gasteiger charge is -2.56. The molecule has 1 heterocycles. The van der Waals surface area contributed by atoms with Crippen LogP contribution in [0.5, 0.6) is 5.75 Å². The highest BCUT2D eigenvalue weighted by molar-refractivity contribution is 6.06. The predicted molar refractivity (Wildman–Crippen MR) is 148 cm³/mol. The van der Waals surface area contributed by atoms with Crippen molar-refractivity contribution < 1.29 is 19.4 Å². The molecule has 38 heavy (non-hydrogen) atoms. The number of benzene rings is 1. The quantitative estimate of drug-likeness (QED) is 0.395. The van der Waals surface area contributed by atoms with Gasteiger partial charge in [0, 0.05) is 18.5 Å². The standard InChI is InChI=1S/C33H43NO4/c1-32-14-12-25(35)20-24(32)8-11-27-28(32)13-15-33(2)29(27)19-23(31(33)37)18-22-6-9-26(10-7-22)38-21-30(36)34-16-4-3-5-17-34/h6-10,18,25,27-29,35H,3-5,11-17,19-21H2,1-2H3/b23-18+/t25-,27+,28-,29-,32-,33-/m0/s1. The molecule has 1 saturated heterocycles. The van der Waals surface area contributed by atoms with Crippen LogP contribution in [0.1, 0.15) is 83.6 Å². The van der Waals surface area contributed by atoms with Crippen molar-refractivity contribution in [3.63, 3.8) is 0 Å². The van der Waals surface area contributed by atoms with Crippen LogP contribution in [0.3, 0.4) is 0 Å². The second-order valence-corrected chi connectivity index (χ2v) is 13.1. The number of likely N-dealkylation sites (tertiary alicyclic amines) is 1. The van der Waals surface area contributed by atoms with Crippen LogP contribution in [-0.4, -0.2) is 47.5 Å². The summed E-state index contributed by atoms with van der Waals surface area (Å²) in [4.78, 5) is 28.1. The Morgan fingerprint density at radius 1 is 1.03 bits per heavy atom. The number of aliphatic hydroxyl groups is 1. The average Bonchev–Trinajstić information content (AvgIpc) is 3.18. The van der Waals surface area contributed by atoms with Crippen molar-refractivity contribution in [1.29, 1.82) is 0 Å². The van der Waals surface area contributed by atoms with E-state index < -0.39 is 0 Å². The Bertz CT molecular complexity index is 1150. The molecule has 1 aliphatic heterocycles. The summed E-state index contributed by atoms with van der Waals surface area (Å²) in [6, 6.07) is 7.81. The molecule has 1 aromatic rings. The molecular formula is C33H43NO4. The number of amides is 1. The summed E-state index contributed by atoms with van der Waals surface area (Å²) < 4.78 is 5.78. The Hall–Kier alpha value is -2.40.